The maximum absolute atomic E-state index is 10.5. The Balaban J connectivity index is 1.50. The number of rotatable bonds is 4. The van der Waals surface area contributed by atoms with Crippen LogP contribution in [0.1, 0.15) is 18.4 Å². The molecule has 0 spiro atoms. The molecule has 4 nitrogen and oxygen atoms in total. The summed E-state index contributed by atoms with van der Waals surface area (Å²) in [5.41, 5.74) is 0.851. The van der Waals surface area contributed by atoms with Gasteiger partial charge in [0.05, 0.1) is 5.60 Å². The molecule has 0 bridgehead atoms. The van der Waals surface area contributed by atoms with E-state index < -0.39 is 5.60 Å². The summed E-state index contributed by atoms with van der Waals surface area (Å²) < 4.78 is 0. The van der Waals surface area contributed by atoms with Crippen LogP contribution in [0.4, 0.5) is 0 Å². The van der Waals surface area contributed by atoms with Crippen LogP contribution in [-0.2, 0) is 6.42 Å². The number of nitrogens with one attached hydrogen (secondary N) is 1. The molecule has 2 heterocycles. The minimum absolute atomic E-state index is 0.566. The van der Waals surface area contributed by atoms with Crippen molar-refractivity contribution in [1.29, 1.82) is 0 Å². The van der Waals surface area contributed by atoms with Gasteiger partial charge in [-0.1, -0.05) is 30.3 Å². The standard InChI is InChI=1S/C18H27N3OS/c1-19-17(20-13-18(22)8-10-23-14-18)21-9-7-16(12-21)11-15-5-3-2-4-6-15/h2-6,16,22H,7-14H2,1H3,(H,19,20). The first-order chi connectivity index (χ1) is 11.2. The minimum atomic E-state index is -0.566. The fourth-order valence-electron chi connectivity index (χ4n) is 3.45. The summed E-state index contributed by atoms with van der Waals surface area (Å²) in [7, 11) is 1.83. The maximum atomic E-state index is 10.5. The van der Waals surface area contributed by atoms with Crippen molar-refractivity contribution in [2.75, 3.05) is 38.2 Å². The van der Waals surface area contributed by atoms with E-state index in [9.17, 15) is 5.11 Å². The Kier molecular flexibility index (Phi) is 5.49. The highest BCUT2D eigenvalue weighted by atomic mass is 32.2. The molecule has 0 amide bonds. The fourth-order valence-corrected chi connectivity index (χ4v) is 4.75. The van der Waals surface area contributed by atoms with Gasteiger partial charge in [0, 0.05) is 32.4 Å². The molecule has 126 valence electrons. The topological polar surface area (TPSA) is 47.9 Å². The lowest BCUT2D eigenvalue weighted by Crippen LogP contribution is -2.48. The molecule has 23 heavy (non-hydrogen) atoms. The summed E-state index contributed by atoms with van der Waals surface area (Å²) in [6.45, 7) is 2.69. The number of nitrogens with zero attached hydrogens (tertiary/aromatic N) is 2. The van der Waals surface area contributed by atoms with E-state index in [0.717, 1.165) is 43.4 Å². The average molecular weight is 334 g/mol. The molecule has 3 rings (SSSR count). The van der Waals surface area contributed by atoms with Crippen LogP contribution in [0, 0.1) is 5.92 Å². The number of benzene rings is 1. The van der Waals surface area contributed by atoms with Crippen molar-refractivity contribution in [3.63, 3.8) is 0 Å². The molecule has 0 saturated carbocycles. The van der Waals surface area contributed by atoms with Gasteiger partial charge >= 0.3 is 0 Å². The molecule has 2 saturated heterocycles. The zero-order valence-corrected chi connectivity index (χ0v) is 14.7. The van der Waals surface area contributed by atoms with E-state index in [1.165, 1.54) is 12.0 Å². The van der Waals surface area contributed by atoms with Crippen molar-refractivity contribution in [2.45, 2.75) is 24.9 Å². The molecular formula is C18H27N3OS. The van der Waals surface area contributed by atoms with E-state index in [0.29, 0.717) is 12.5 Å². The molecule has 5 heteroatoms. The monoisotopic (exact) mass is 333 g/mol. The van der Waals surface area contributed by atoms with Gasteiger partial charge in [0.2, 0.25) is 0 Å². The van der Waals surface area contributed by atoms with Crippen molar-refractivity contribution in [2.24, 2.45) is 10.9 Å². The molecule has 1 aromatic rings. The van der Waals surface area contributed by atoms with Gasteiger partial charge in [-0.05, 0) is 36.5 Å². The summed E-state index contributed by atoms with van der Waals surface area (Å²) in [6.07, 6.45) is 3.21. The second-order valence-electron chi connectivity index (χ2n) is 6.72. The average Bonchev–Trinajstić information content (AvgIpc) is 3.19. The van der Waals surface area contributed by atoms with Gasteiger partial charge in [0.15, 0.2) is 5.96 Å². The molecular weight excluding hydrogens is 306 g/mol. The Bertz CT molecular complexity index is 528. The summed E-state index contributed by atoms with van der Waals surface area (Å²) in [6, 6.07) is 10.7. The van der Waals surface area contributed by atoms with Crippen LogP contribution in [0.25, 0.3) is 0 Å². The van der Waals surface area contributed by atoms with Gasteiger partial charge in [-0.25, -0.2) is 0 Å². The highest BCUT2D eigenvalue weighted by molar-refractivity contribution is 7.99. The van der Waals surface area contributed by atoms with Crippen molar-refractivity contribution in [3.05, 3.63) is 35.9 Å². The summed E-state index contributed by atoms with van der Waals surface area (Å²) >= 11 is 1.83. The highest BCUT2D eigenvalue weighted by Crippen LogP contribution is 2.27. The number of likely N-dealkylation sites (tertiary alicyclic amines) is 1. The van der Waals surface area contributed by atoms with Crippen LogP contribution in [0.3, 0.4) is 0 Å². The van der Waals surface area contributed by atoms with Crippen molar-refractivity contribution in [1.82, 2.24) is 10.2 Å². The van der Waals surface area contributed by atoms with E-state index in [2.05, 4.69) is 45.5 Å². The predicted molar refractivity (Wildman–Crippen MR) is 98.1 cm³/mol. The molecule has 2 N–H and O–H groups in total. The Labute approximate surface area is 143 Å². The Morgan fingerprint density at radius 2 is 2.26 bits per heavy atom. The molecule has 2 unspecified atom stereocenters. The zero-order valence-electron chi connectivity index (χ0n) is 13.9. The summed E-state index contributed by atoms with van der Waals surface area (Å²) in [4.78, 5) is 6.75. The smallest absolute Gasteiger partial charge is 0.193 e. The molecule has 0 radical (unpaired) electrons. The second-order valence-corrected chi connectivity index (χ2v) is 7.82. The predicted octanol–water partition coefficient (Wildman–Crippen LogP) is 1.99. The number of aliphatic imine (C=N–C) groups is 1. The van der Waals surface area contributed by atoms with Gasteiger partial charge in [0.25, 0.3) is 0 Å². The normalized spacial score (nSPS) is 28.3. The largest absolute Gasteiger partial charge is 0.387 e. The van der Waals surface area contributed by atoms with Crippen LogP contribution in [0.2, 0.25) is 0 Å². The number of hydrogen-bond donors (Lipinski definition) is 2. The molecule has 1 aromatic carbocycles. The first-order valence-electron chi connectivity index (χ1n) is 8.48. The summed E-state index contributed by atoms with van der Waals surface area (Å²) in [5, 5.41) is 13.9. The van der Waals surface area contributed by atoms with Gasteiger partial charge < -0.3 is 15.3 Å². The van der Waals surface area contributed by atoms with Crippen LogP contribution in [0.5, 0.6) is 0 Å². The Morgan fingerprint density at radius 3 is 2.96 bits per heavy atom. The highest BCUT2D eigenvalue weighted by Gasteiger charge is 2.33. The molecule has 0 aromatic heterocycles. The number of thioether (sulfide) groups is 1. The van der Waals surface area contributed by atoms with E-state index in [1.807, 2.05) is 18.8 Å². The fraction of sp³-hybridized carbons (Fsp3) is 0.611. The van der Waals surface area contributed by atoms with Gasteiger partial charge in [-0.3, -0.25) is 4.99 Å². The summed E-state index contributed by atoms with van der Waals surface area (Å²) in [5.74, 6) is 3.50. The number of hydrogen-bond acceptors (Lipinski definition) is 3. The zero-order chi connectivity index (χ0) is 16.1. The first kappa shape index (κ1) is 16.7. The lowest BCUT2D eigenvalue weighted by molar-refractivity contribution is 0.0718. The van der Waals surface area contributed by atoms with E-state index in [4.69, 9.17) is 0 Å². The molecule has 2 aliphatic rings. The molecule has 2 fully saturated rings. The SMILES string of the molecule is CN=C(NCC1(O)CCSC1)N1CCC(Cc2ccccc2)C1. The van der Waals surface area contributed by atoms with Crippen molar-refractivity contribution >= 4 is 17.7 Å². The van der Waals surface area contributed by atoms with Crippen LogP contribution in [-0.4, -0.2) is 59.8 Å². The third-order valence-electron chi connectivity index (χ3n) is 4.82. The van der Waals surface area contributed by atoms with Crippen molar-refractivity contribution in [3.8, 4) is 0 Å². The molecule has 2 aliphatic heterocycles. The van der Waals surface area contributed by atoms with Crippen LogP contribution in [0.15, 0.2) is 35.3 Å². The van der Waals surface area contributed by atoms with Crippen molar-refractivity contribution < 1.29 is 5.11 Å². The second kappa shape index (κ2) is 7.58. The van der Waals surface area contributed by atoms with Crippen LogP contribution < -0.4 is 5.32 Å². The van der Waals surface area contributed by atoms with E-state index in [1.54, 1.807) is 0 Å². The maximum Gasteiger partial charge on any atom is 0.193 e. The van der Waals surface area contributed by atoms with Gasteiger partial charge in [0.1, 0.15) is 0 Å². The lowest BCUT2D eigenvalue weighted by atomic mass is 9.99. The Morgan fingerprint density at radius 1 is 1.43 bits per heavy atom. The van der Waals surface area contributed by atoms with Gasteiger partial charge in [-0.2, -0.15) is 11.8 Å². The third-order valence-corrected chi connectivity index (χ3v) is 6.06. The lowest BCUT2D eigenvalue weighted by Gasteiger charge is -2.27. The molecule has 2 atom stereocenters. The first-order valence-corrected chi connectivity index (χ1v) is 9.64. The number of guanidine groups is 1. The quantitative estimate of drug-likeness (QED) is 0.653. The Hall–Kier alpha value is -1.20. The minimum Gasteiger partial charge on any atom is -0.387 e. The van der Waals surface area contributed by atoms with Crippen LogP contribution >= 0.6 is 11.8 Å². The van der Waals surface area contributed by atoms with E-state index >= 15 is 0 Å². The van der Waals surface area contributed by atoms with Gasteiger partial charge in [-0.15, -0.1) is 0 Å². The molecule has 0 aliphatic carbocycles. The number of aliphatic hydroxyl groups is 1. The third kappa shape index (κ3) is 4.42. The van der Waals surface area contributed by atoms with E-state index in [-0.39, 0.29) is 0 Å².